The predicted molar refractivity (Wildman–Crippen MR) is 68.8 cm³/mol. The van der Waals surface area contributed by atoms with E-state index in [4.69, 9.17) is 0 Å². The molecule has 0 spiro atoms. The van der Waals surface area contributed by atoms with Crippen molar-refractivity contribution < 1.29 is 0 Å². The van der Waals surface area contributed by atoms with Crippen LogP contribution in [0.15, 0.2) is 11.6 Å². The number of nitrogens with zero attached hydrogens (tertiary/aromatic N) is 2. The fraction of sp³-hybridized carbons (Fsp3) is 0.750. The first-order valence-corrected chi connectivity index (χ1v) is 6.90. The Balaban J connectivity index is 1.86. The molecule has 0 bridgehead atoms. The molecule has 0 saturated carbocycles. The lowest BCUT2D eigenvalue weighted by molar-refractivity contribution is 0.163. The molecule has 90 valence electrons. The van der Waals surface area contributed by atoms with Crippen molar-refractivity contribution in [3.05, 3.63) is 16.6 Å². The molecule has 3 atom stereocenters. The molecule has 0 aliphatic carbocycles. The molecule has 1 aliphatic rings. The van der Waals surface area contributed by atoms with E-state index in [2.05, 4.69) is 36.1 Å². The maximum atomic E-state index is 4.36. The van der Waals surface area contributed by atoms with Gasteiger partial charge in [-0.2, -0.15) is 0 Å². The van der Waals surface area contributed by atoms with Crippen molar-refractivity contribution in [3.63, 3.8) is 0 Å². The zero-order chi connectivity index (χ0) is 11.5. The summed E-state index contributed by atoms with van der Waals surface area (Å²) in [4.78, 5) is 6.80. The second kappa shape index (κ2) is 5.25. The van der Waals surface area contributed by atoms with E-state index in [-0.39, 0.29) is 0 Å². The number of likely N-dealkylation sites (tertiary alicyclic amines) is 1. The summed E-state index contributed by atoms with van der Waals surface area (Å²) in [6.07, 6.45) is 4.37. The molecule has 2 rings (SSSR count). The van der Waals surface area contributed by atoms with Gasteiger partial charge in [-0.3, -0.25) is 0 Å². The van der Waals surface area contributed by atoms with Gasteiger partial charge in [0.2, 0.25) is 0 Å². The van der Waals surface area contributed by atoms with Crippen LogP contribution in [-0.2, 0) is 0 Å². The first kappa shape index (κ1) is 12.0. The Hall–Kier alpha value is -0.450. The summed E-state index contributed by atoms with van der Waals surface area (Å²) in [5.41, 5.74) is 0. The maximum absolute atomic E-state index is 4.36. The van der Waals surface area contributed by atoms with Crippen molar-refractivity contribution >= 4 is 11.3 Å². The molecule has 3 nitrogen and oxygen atoms in total. The molecular formula is C12H21N3S. The molecule has 1 N–H and O–H groups in total. The number of nitrogens with one attached hydrogen (secondary N) is 1. The van der Waals surface area contributed by atoms with Gasteiger partial charge < -0.3 is 10.2 Å². The normalized spacial score (nSPS) is 29.2. The van der Waals surface area contributed by atoms with Gasteiger partial charge in [0.25, 0.3) is 0 Å². The molecular weight excluding hydrogens is 218 g/mol. The predicted octanol–water partition coefficient (Wildman–Crippen LogP) is 2.28. The third-order valence-corrected chi connectivity index (χ3v) is 4.47. The average molecular weight is 239 g/mol. The van der Waals surface area contributed by atoms with Gasteiger partial charge in [-0.15, -0.1) is 11.3 Å². The number of piperidine rings is 1. The topological polar surface area (TPSA) is 28.2 Å². The van der Waals surface area contributed by atoms with Crippen LogP contribution in [0.1, 0.15) is 37.7 Å². The molecule has 4 heteroatoms. The van der Waals surface area contributed by atoms with E-state index in [1.807, 2.05) is 11.6 Å². The zero-order valence-electron chi connectivity index (χ0n) is 10.3. The highest BCUT2D eigenvalue weighted by molar-refractivity contribution is 7.09. The summed E-state index contributed by atoms with van der Waals surface area (Å²) in [6.45, 7) is 5.72. The highest BCUT2D eigenvalue weighted by atomic mass is 32.1. The standard InChI is InChI=1S/C12H21N3S/c1-9-8-11(4-6-15(9)3)14-10(2)12-13-5-7-16-12/h5,7,9-11,14H,4,6,8H2,1-3H3. The SMILES string of the molecule is CC(NC1CCN(C)C(C)C1)c1nccs1. The van der Waals surface area contributed by atoms with Crippen LogP contribution < -0.4 is 5.32 Å². The minimum atomic E-state index is 0.389. The van der Waals surface area contributed by atoms with Gasteiger partial charge in [-0.1, -0.05) is 0 Å². The molecule has 3 unspecified atom stereocenters. The average Bonchev–Trinajstić information content (AvgIpc) is 2.77. The maximum Gasteiger partial charge on any atom is 0.109 e. The van der Waals surface area contributed by atoms with Crippen molar-refractivity contribution in [2.75, 3.05) is 13.6 Å². The van der Waals surface area contributed by atoms with Crippen LogP contribution in [0.25, 0.3) is 0 Å². The summed E-state index contributed by atoms with van der Waals surface area (Å²) < 4.78 is 0. The Bertz CT molecular complexity index is 312. The molecule has 2 heterocycles. The van der Waals surface area contributed by atoms with E-state index in [0.717, 1.165) is 0 Å². The Morgan fingerprint density at radius 1 is 1.62 bits per heavy atom. The fourth-order valence-electron chi connectivity index (χ4n) is 2.31. The lowest BCUT2D eigenvalue weighted by Crippen LogP contribution is -2.46. The highest BCUT2D eigenvalue weighted by Crippen LogP contribution is 2.20. The van der Waals surface area contributed by atoms with Gasteiger partial charge in [0.05, 0.1) is 6.04 Å². The monoisotopic (exact) mass is 239 g/mol. The van der Waals surface area contributed by atoms with Crippen molar-refractivity contribution in [2.24, 2.45) is 0 Å². The number of hydrogen-bond donors (Lipinski definition) is 1. The van der Waals surface area contributed by atoms with Gasteiger partial charge in [0.15, 0.2) is 0 Å². The summed E-state index contributed by atoms with van der Waals surface area (Å²) in [5.74, 6) is 0. The number of aromatic nitrogens is 1. The molecule has 1 saturated heterocycles. The van der Waals surface area contributed by atoms with Gasteiger partial charge in [-0.25, -0.2) is 4.98 Å². The third kappa shape index (κ3) is 2.81. The molecule has 1 aromatic rings. The van der Waals surface area contributed by atoms with E-state index < -0.39 is 0 Å². The van der Waals surface area contributed by atoms with Gasteiger partial charge in [0, 0.05) is 23.7 Å². The number of thiazole rings is 1. The first-order chi connectivity index (χ1) is 7.66. The molecule has 0 aromatic carbocycles. The Labute approximate surface area is 102 Å². The quantitative estimate of drug-likeness (QED) is 0.877. The Morgan fingerprint density at radius 3 is 3.06 bits per heavy atom. The van der Waals surface area contributed by atoms with Crippen molar-refractivity contribution in [1.82, 2.24) is 15.2 Å². The van der Waals surface area contributed by atoms with Crippen molar-refractivity contribution in [3.8, 4) is 0 Å². The van der Waals surface area contributed by atoms with Crippen LogP contribution in [0.2, 0.25) is 0 Å². The van der Waals surface area contributed by atoms with Gasteiger partial charge in [0.1, 0.15) is 5.01 Å². The molecule has 16 heavy (non-hydrogen) atoms. The van der Waals surface area contributed by atoms with Crippen LogP contribution in [0.4, 0.5) is 0 Å². The van der Waals surface area contributed by atoms with E-state index in [1.165, 1.54) is 24.4 Å². The molecule has 1 aromatic heterocycles. The van der Waals surface area contributed by atoms with Crippen LogP contribution in [0, 0.1) is 0 Å². The summed E-state index contributed by atoms with van der Waals surface area (Å²) in [6, 6.07) is 1.72. The molecule has 1 fully saturated rings. The smallest absolute Gasteiger partial charge is 0.109 e. The largest absolute Gasteiger partial charge is 0.305 e. The summed E-state index contributed by atoms with van der Waals surface area (Å²) in [7, 11) is 2.21. The summed E-state index contributed by atoms with van der Waals surface area (Å²) >= 11 is 1.74. The van der Waals surface area contributed by atoms with Crippen LogP contribution >= 0.6 is 11.3 Å². The van der Waals surface area contributed by atoms with Crippen molar-refractivity contribution in [2.45, 2.75) is 44.8 Å². The van der Waals surface area contributed by atoms with E-state index in [0.29, 0.717) is 18.1 Å². The minimum Gasteiger partial charge on any atom is -0.305 e. The Morgan fingerprint density at radius 2 is 2.44 bits per heavy atom. The number of hydrogen-bond acceptors (Lipinski definition) is 4. The van der Waals surface area contributed by atoms with Gasteiger partial charge >= 0.3 is 0 Å². The zero-order valence-corrected chi connectivity index (χ0v) is 11.1. The van der Waals surface area contributed by atoms with Crippen LogP contribution in [0.3, 0.4) is 0 Å². The molecule has 1 aliphatic heterocycles. The first-order valence-electron chi connectivity index (χ1n) is 6.02. The van der Waals surface area contributed by atoms with Crippen molar-refractivity contribution in [1.29, 1.82) is 0 Å². The van der Waals surface area contributed by atoms with E-state index >= 15 is 0 Å². The third-order valence-electron chi connectivity index (χ3n) is 3.52. The van der Waals surface area contributed by atoms with E-state index in [1.54, 1.807) is 11.3 Å². The lowest BCUT2D eigenvalue weighted by atomic mass is 9.98. The van der Waals surface area contributed by atoms with Crippen LogP contribution in [0.5, 0.6) is 0 Å². The second-order valence-corrected chi connectivity index (χ2v) is 5.74. The lowest BCUT2D eigenvalue weighted by Gasteiger charge is -2.36. The second-order valence-electron chi connectivity index (χ2n) is 4.81. The minimum absolute atomic E-state index is 0.389. The fourth-order valence-corrected chi connectivity index (χ4v) is 2.97. The molecule has 0 amide bonds. The molecule has 0 radical (unpaired) electrons. The van der Waals surface area contributed by atoms with E-state index in [9.17, 15) is 0 Å². The highest BCUT2D eigenvalue weighted by Gasteiger charge is 2.24. The summed E-state index contributed by atoms with van der Waals surface area (Å²) in [5, 5.41) is 6.94. The van der Waals surface area contributed by atoms with Gasteiger partial charge in [-0.05, 0) is 40.3 Å². The Kier molecular flexibility index (Phi) is 3.95. The van der Waals surface area contributed by atoms with Crippen LogP contribution in [-0.4, -0.2) is 35.6 Å². The number of rotatable bonds is 3.